The molecule has 3 heteroatoms. The van der Waals surface area contributed by atoms with E-state index in [2.05, 4.69) is 61.1 Å². The van der Waals surface area contributed by atoms with E-state index < -0.39 is 0 Å². The molecule has 2 aromatic rings. The summed E-state index contributed by atoms with van der Waals surface area (Å²) in [6.45, 7) is 7.35. The van der Waals surface area contributed by atoms with Gasteiger partial charge in [-0.15, -0.1) is 0 Å². The molecule has 0 bridgehead atoms. The number of ether oxygens (including phenoxy) is 1. The van der Waals surface area contributed by atoms with Crippen molar-refractivity contribution in [1.29, 1.82) is 0 Å². The predicted molar refractivity (Wildman–Crippen MR) is 84.4 cm³/mol. The number of hydrogen-bond acceptors (Lipinski definition) is 3. The van der Waals surface area contributed by atoms with Crippen LogP contribution in [0.1, 0.15) is 43.5 Å². The van der Waals surface area contributed by atoms with Crippen LogP contribution in [-0.2, 0) is 13.0 Å². The van der Waals surface area contributed by atoms with E-state index in [1.807, 2.05) is 0 Å². The molecule has 2 nitrogen and oxygen atoms in total. The van der Waals surface area contributed by atoms with Crippen LogP contribution in [0.2, 0.25) is 0 Å². The summed E-state index contributed by atoms with van der Waals surface area (Å²) in [5.41, 5.74) is 3.87. The van der Waals surface area contributed by atoms with E-state index in [4.69, 9.17) is 4.74 Å². The normalized spacial score (nSPS) is 17.6. The lowest BCUT2D eigenvalue weighted by molar-refractivity contribution is 0.137. The maximum Gasteiger partial charge on any atom is 0.127 e. The Kier molecular flexibility index (Phi) is 3.57. The first-order chi connectivity index (χ1) is 9.55. The second kappa shape index (κ2) is 5.23. The molecule has 0 radical (unpaired) electrons. The summed E-state index contributed by atoms with van der Waals surface area (Å²) >= 11 is 1.74. The van der Waals surface area contributed by atoms with Gasteiger partial charge in [-0.3, -0.25) is 0 Å². The first kappa shape index (κ1) is 13.7. The molecule has 106 valence electrons. The summed E-state index contributed by atoms with van der Waals surface area (Å²) in [6, 6.07) is 9.02. The van der Waals surface area contributed by atoms with Crippen molar-refractivity contribution in [2.45, 2.75) is 45.4 Å². The van der Waals surface area contributed by atoms with Crippen LogP contribution in [0, 0.1) is 0 Å². The Labute approximate surface area is 124 Å². The zero-order chi connectivity index (χ0) is 14.2. The highest BCUT2D eigenvalue weighted by atomic mass is 32.1. The molecule has 1 N–H and O–H groups in total. The summed E-state index contributed by atoms with van der Waals surface area (Å²) in [4.78, 5) is 0. The summed E-state index contributed by atoms with van der Waals surface area (Å²) in [6.07, 6.45) is 0.996. The Morgan fingerprint density at radius 3 is 2.95 bits per heavy atom. The molecule has 1 aliphatic heterocycles. The van der Waals surface area contributed by atoms with Gasteiger partial charge < -0.3 is 10.1 Å². The van der Waals surface area contributed by atoms with Gasteiger partial charge in [0, 0.05) is 24.6 Å². The van der Waals surface area contributed by atoms with Gasteiger partial charge in [0.1, 0.15) is 11.4 Å². The van der Waals surface area contributed by atoms with Crippen molar-refractivity contribution < 1.29 is 4.74 Å². The lowest BCUT2D eigenvalue weighted by Gasteiger charge is -2.19. The molecule has 1 aromatic carbocycles. The van der Waals surface area contributed by atoms with Gasteiger partial charge in [0.15, 0.2) is 0 Å². The van der Waals surface area contributed by atoms with Crippen molar-refractivity contribution in [2.75, 3.05) is 0 Å². The van der Waals surface area contributed by atoms with Crippen molar-refractivity contribution in [1.82, 2.24) is 5.32 Å². The maximum absolute atomic E-state index is 6.11. The van der Waals surface area contributed by atoms with E-state index in [0.717, 1.165) is 18.7 Å². The van der Waals surface area contributed by atoms with Crippen molar-refractivity contribution in [3.05, 3.63) is 51.7 Å². The monoisotopic (exact) mass is 287 g/mol. The SMILES string of the molecule is CC(NCc1cccc2c1OC(C)(C)C2)c1ccsc1. The molecule has 0 saturated carbocycles. The summed E-state index contributed by atoms with van der Waals surface area (Å²) in [7, 11) is 0. The van der Waals surface area contributed by atoms with Gasteiger partial charge in [-0.1, -0.05) is 18.2 Å². The minimum absolute atomic E-state index is 0.0720. The fraction of sp³-hybridized carbons (Fsp3) is 0.412. The lowest BCUT2D eigenvalue weighted by Crippen LogP contribution is -2.25. The number of nitrogens with one attached hydrogen (secondary N) is 1. The lowest BCUT2D eigenvalue weighted by atomic mass is 10.0. The first-order valence-electron chi connectivity index (χ1n) is 7.10. The van der Waals surface area contributed by atoms with Crippen LogP contribution in [0.4, 0.5) is 0 Å². The van der Waals surface area contributed by atoms with Crippen molar-refractivity contribution in [3.63, 3.8) is 0 Å². The molecule has 0 aliphatic carbocycles. The van der Waals surface area contributed by atoms with Gasteiger partial charge in [0.25, 0.3) is 0 Å². The molecule has 1 atom stereocenters. The topological polar surface area (TPSA) is 21.3 Å². The largest absolute Gasteiger partial charge is 0.487 e. The van der Waals surface area contributed by atoms with E-state index in [1.54, 1.807) is 11.3 Å². The zero-order valence-electron chi connectivity index (χ0n) is 12.3. The Hall–Kier alpha value is -1.32. The van der Waals surface area contributed by atoms with E-state index in [0.29, 0.717) is 6.04 Å². The third kappa shape index (κ3) is 2.74. The van der Waals surface area contributed by atoms with Crippen LogP contribution in [-0.4, -0.2) is 5.60 Å². The van der Waals surface area contributed by atoms with Crippen LogP contribution < -0.4 is 10.1 Å². The second-order valence-electron chi connectivity index (χ2n) is 6.10. The molecule has 3 rings (SSSR count). The van der Waals surface area contributed by atoms with Gasteiger partial charge in [-0.2, -0.15) is 11.3 Å². The molecule has 1 unspecified atom stereocenters. The van der Waals surface area contributed by atoms with E-state index in [9.17, 15) is 0 Å². The molecular weight excluding hydrogens is 266 g/mol. The van der Waals surface area contributed by atoms with Gasteiger partial charge in [0.05, 0.1) is 0 Å². The van der Waals surface area contributed by atoms with Crippen molar-refractivity contribution >= 4 is 11.3 Å². The van der Waals surface area contributed by atoms with Crippen molar-refractivity contribution in [2.24, 2.45) is 0 Å². The molecule has 1 aromatic heterocycles. The average molecular weight is 287 g/mol. The maximum atomic E-state index is 6.11. The molecule has 0 amide bonds. The van der Waals surface area contributed by atoms with Gasteiger partial charge >= 0.3 is 0 Å². The van der Waals surface area contributed by atoms with E-state index in [-0.39, 0.29) is 5.60 Å². The smallest absolute Gasteiger partial charge is 0.127 e. The summed E-state index contributed by atoms with van der Waals surface area (Å²) in [5, 5.41) is 7.91. The summed E-state index contributed by atoms with van der Waals surface area (Å²) < 4.78 is 6.11. The molecular formula is C17H21NOS. The van der Waals surface area contributed by atoms with Gasteiger partial charge in [0.2, 0.25) is 0 Å². The van der Waals surface area contributed by atoms with Crippen LogP contribution in [0.25, 0.3) is 0 Å². The number of benzene rings is 1. The number of fused-ring (bicyclic) bond motifs is 1. The third-order valence-corrected chi connectivity index (χ3v) is 4.52. The second-order valence-corrected chi connectivity index (χ2v) is 6.88. The molecule has 0 fully saturated rings. The quantitative estimate of drug-likeness (QED) is 0.904. The highest BCUT2D eigenvalue weighted by molar-refractivity contribution is 7.07. The van der Waals surface area contributed by atoms with Gasteiger partial charge in [-0.25, -0.2) is 0 Å². The Balaban J connectivity index is 1.72. The number of thiophene rings is 1. The van der Waals surface area contributed by atoms with E-state index in [1.165, 1.54) is 16.7 Å². The Morgan fingerprint density at radius 1 is 1.35 bits per heavy atom. The third-order valence-electron chi connectivity index (χ3n) is 3.81. The molecule has 2 heterocycles. The van der Waals surface area contributed by atoms with Crippen LogP contribution >= 0.6 is 11.3 Å². The predicted octanol–water partition coefficient (Wildman–Crippen LogP) is 4.31. The molecule has 1 aliphatic rings. The molecule has 0 saturated heterocycles. The Bertz CT molecular complexity index is 589. The van der Waals surface area contributed by atoms with E-state index >= 15 is 0 Å². The number of para-hydroxylation sites is 1. The number of hydrogen-bond donors (Lipinski definition) is 1. The number of rotatable bonds is 4. The van der Waals surface area contributed by atoms with Gasteiger partial charge in [-0.05, 0) is 48.7 Å². The van der Waals surface area contributed by atoms with Crippen LogP contribution in [0.5, 0.6) is 5.75 Å². The fourth-order valence-corrected chi connectivity index (χ4v) is 3.47. The highest BCUT2D eigenvalue weighted by Gasteiger charge is 2.31. The fourth-order valence-electron chi connectivity index (χ4n) is 2.72. The first-order valence-corrected chi connectivity index (χ1v) is 8.05. The average Bonchev–Trinajstić information content (AvgIpc) is 3.01. The molecule has 20 heavy (non-hydrogen) atoms. The van der Waals surface area contributed by atoms with Crippen molar-refractivity contribution in [3.8, 4) is 5.75 Å². The Morgan fingerprint density at radius 2 is 2.20 bits per heavy atom. The molecule has 0 spiro atoms. The minimum atomic E-state index is -0.0720. The van der Waals surface area contributed by atoms with Crippen LogP contribution in [0.3, 0.4) is 0 Å². The summed E-state index contributed by atoms with van der Waals surface area (Å²) in [5.74, 6) is 1.09. The standard InChI is InChI=1S/C17H21NOS/c1-12(15-7-8-20-11-15)18-10-14-6-4-5-13-9-17(2,3)19-16(13)14/h4-8,11-12,18H,9-10H2,1-3H3. The zero-order valence-corrected chi connectivity index (χ0v) is 13.1. The minimum Gasteiger partial charge on any atom is -0.487 e. The highest BCUT2D eigenvalue weighted by Crippen LogP contribution is 2.37. The van der Waals surface area contributed by atoms with Crippen LogP contribution in [0.15, 0.2) is 35.0 Å².